The number of hydrogen-bond donors (Lipinski definition) is 0. The molecule has 3 aromatic heterocycles. The number of fused-ring (bicyclic) bond motifs is 17. The monoisotopic (exact) mass is 729 g/mol. The molecule has 5 heteroatoms. The molecule has 0 N–H and O–H groups in total. The number of pyridine rings is 2. The lowest BCUT2D eigenvalue weighted by Crippen LogP contribution is -2.28. The first-order chi connectivity index (χ1) is 28.3. The van der Waals surface area contributed by atoms with E-state index in [2.05, 4.69) is 166 Å². The standard InChI is InChI=1S/C52H35N5/c1-4-12-40-36(9-1)37-10-2-5-13-41(37)52(40)42-25-26-46-48(49(42)51-43(52)14-7-28-55-51)38-11-3-6-15-44(38)56(46)34-21-17-32(18-22-34)33-19-23-35(24-20-33)57-45-27-30-53-31-39(45)50-47(57)16-8-29-54-50/h1,3-4,6-31,47,50H,2,5H2. The van der Waals surface area contributed by atoms with E-state index in [0.717, 1.165) is 29.9 Å². The van der Waals surface area contributed by atoms with Gasteiger partial charge in [0.25, 0.3) is 0 Å². The summed E-state index contributed by atoms with van der Waals surface area (Å²) in [6.45, 7) is 0. The van der Waals surface area contributed by atoms with Gasteiger partial charge in [-0.3, -0.25) is 15.0 Å². The minimum atomic E-state index is -0.380. The van der Waals surface area contributed by atoms with Gasteiger partial charge in [-0.05, 0) is 112 Å². The molecule has 13 rings (SSSR count). The van der Waals surface area contributed by atoms with Crippen LogP contribution in [0.2, 0.25) is 0 Å². The van der Waals surface area contributed by atoms with Gasteiger partial charge in [0.2, 0.25) is 0 Å². The van der Waals surface area contributed by atoms with Gasteiger partial charge in [0.1, 0.15) is 6.04 Å². The predicted octanol–water partition coefficient (Wildman–Crippen LogP) is 11.9. The molecule has 0 saturated carbocycles. The minimum Gasteiger partial charge on any atom is -0.332 e. The van der Waals surface area contributed by atoms with Crippen LogP contribution in [0, 0.1) is 0 Å². The molecule has 268 valence electrons. The summed E-state index contributed by atoms with van der Waals surface area (Å²) < 4.78 is 2.44. The lowest BCUT2D eigenvalue weighted by Gasteiger charge is -2.31. The lowest BCUT2D eigenvalue weighted by molar-refractivity contribution is 0.666. The fourth-order valence-corrected chi connectivity index (χ4v) is 10.9. The second kappa shape index (κ2) is 11.5. The predicted molar refractivity (Wildman–Crippen MR) is 232 cm³/mol. The number of aromatic nitrogens is 3. The highest BCUT2D eigenvalue weighted by Gasteiger charge is 2.54. The third-order valence-electron chi connectivity index (χ3n) is 13.1. The molecular formula is C52H35N5. The molecule has 5 aromatic carbocycles. The van der Waals surface area contributed by atoms with Crippen LogP contribution in [-0.2, 0) is 5.41 Å². The van der Waals surface area contributed by atoms with Crippen molar-refractivity contribution in [2.75, 3.05) is 4.90 Å². The molecule has 8 aromatic rings. The van der Waals surface area contributed by atoms with E-state index in [4.69, 9.17) is 9.98 Å². The van der Waals surface area contributed by atoms with E-state index in [9.17, 15) is 0 Å². The molecule has 2 aliphatic heterocycles. The number of benzene rings is 5. The molecule has 3 atom stereocenters. The molecule has 0 amide bonds. The average molecular weight is 730 g/mol. The largest absolute Gasteiger partial charge is 0.332 e. The van der Waals surface area contributed by atoms with Crippen LogP contribution in [-0.4, -0.2) is 26.8 Å². The zero-order valence-electron chi connectivity index (χ0n) is 31.0. The summed E-state index contributed by atoms with van der Waals surface area (Å²) >= 11 is 0. The van der Waals surface area contributed by atoms with Crippen molar-refractivity contribution in [1.82, 2.24) is 14.5 Å². The molecule has 5 nitrogen and oxygen atoms in total. The molecule has 3 aliphatic carbocycles. The van der Waals surface area contributed by atoms with Gasteiger partial charge in [-0.2, -0.15) is 0 Å². The number of rotatable bonds is 3. The average Bonchev–Trinajstić information content (AvgIpc) is 3.99. The van der Waals surface area contributed by atoms with E-state index in [1.807, 2.05) is 24.8 Å². The van der Waals surface area contributed by atoms with E-state index < -0.39 is 0 Å². The maximum absolute atomic E-state index is 5.21. The number of allylic oxidation sites excluding steroid dienone is 5. The Morgan fingerprint density at radius 2 is 1.44 bits per heavy atom. The van der Waals surface area contributed by atoms with Crippen LogP contribution in [0.1, 0.15) is 46.7 Å². The van der Waals surface area contributed by atoms with Gasteiger partial charge >= 0.3 is 0 Å². The van der Waals surface area contributed by atoms with Crippen LogP contribution in [0.4, 0.5) is 11.4 Å². The van der Waals surface area contributed by atoms with Gasteiger partial charge in [0.05, 0.1) is 33.9 Å². The molecule has 5 heterocycles. The SMILES string of the molecule is C1=CC2C(N=C1)c1cnccc1N2c1ccc(-c2ccc(-n3c4ccccc4c4c5c(ccc43)C3(C4=CCCC=C4c4ccccc43)c3cccnc3-5)cc2)cc1. The van der Waals surface area contributed by atoms with Crippen molar-refractivity contribution in [1.29, 1.82) is 0 Å². The normalized spacial score (nSPS) is 20.6. The summed E-state index contributed by atoms with van der Waals surface area (Å²) in [7, 11) is 0. The van der Waals surface area contributed by atoms with Crippen molar-refractivity contribution < 1.29 is 0 Å². The Hall–Kier alpha value is -7.11. The van der Waals surface area contributed by atoms with E-state index in [-0.39, 0.29) is 17.5 Å². The Bertz CT molecular complexity index is 3140. The molecule has 0 radical (unpaired) electrons. The summed E-state index contributed by atoms with van der Waals surface area (Å²) in [5.41, 5.74) is 19.5. The van der Waals surface area contributed by atoms with Crippen LogP contribution in [0.25, 0.3) is 55.5 Å². The molecule has 5 aliphatic rings. The summed E-state index contributed by atoms with van der Waals surface area (Å²) in [6.07, 6.45) is 19.1. The molecule has 57 heavy (non-hydrogen) atoms. The topological polar surface area (TPSA) is 46.3 Å². The maximum Gasteiger partial charge on any atom is 0.103 e. The highest BCUT2D eigenvalue weighted by Crippen LogP contribution is 2.65. The van der Waals surface area contributed by atoms with Gasteiger partial charge in [0.15, 0.2) is 0 Å². The first-order valence-electron chi connectivity index (χ1n) is 20.0. The van der Waals surface area contributed by atoms with E-state index in [1.54, 1.807) is 0 Å². The van der Waals surface area contributed by atoms with Gasteiger partial charge in [-0.25, -0.2) is 0 Å². The molecule has 1 spiro atoms. The summed E-state index contributed by atoms with van der Waals surface area (Å²) in [5, 5.41) is 2.52. The number of hydrogen-bond acceptors (Lipinski definition) is 4. The summed E-state index contributed by atoms with van der Waals surface area (Å²) in [4.78, 5) is 16.8. The van der Waals surface area contributed by atoms with Gasteiger partial charge in [-0.15, -0.1) is 0 Å². The zero-order chi connectivity index (χ0) is 37.2. The Kier molecular flexibility index (Phi) is 6.26. The van der Waals surface area contributed by atoms with E-state index in [1.165, 1.54) is 83.1 Å². The zero-order valence-corrected chi connectivity index (χ0v) is 31.0. The van der Waals surface area contributed by atoms with Gasteiger partial charge < -0.3 is 9.47 Å². The number of para-hydroxylation sites is 1. The number of dihydropyridines is 1. The van der Waals surface area contributed by atoms with Crippen molar-refractivity contribution in [2.45, 2.75) is 30.3 Å². The second-order valence-electron chi connectivity index (χ2n) is 15.8. The molecular weight excluding hydrogens is 695 g/mol. The van der Waals surface area contributed by atoms with Gasteiger partial charge in [-0.1, -0.05) is 97.1 Å². The third-order valence-corrected chi connectivity index (χ3v) is 13.1. The van der Waals surface area contributed by atoms with Crippen LogP contribution >= 0.6 is 0 Å². The van der Waals surface area contributed by atoms with Crippen molar-refractivity contribution >= 4 is 45.0 Å². The number of nitrogens with zero attached hydrogens (tertiary/aromatic N) is 5. The Balaban J connectivity index is 0.936. The smallest absolute Gasteiger partial charge is 0.103 e. The molecule has 3 unspecified atom stereocenters. The second-order valence-corrected chi connectivity index (χ2v) is 15.8. The van der Waals surface area contributed by atoms with Crippen LogP contribution in [0.15, 0.2) is 181 Å². The van der Waals surface area contributed by atoms with Crippen molar-refractivity contribution in [3.8, 4) is 28.1 Å². The Labute approximate surface area is 330 Å². The number of anilines is 2. The third kappa shape index (κ3) is 4.00. The van der Waals surface area contributed by atoms with Crippen LogP contribution in [0.3, 0.4) is 0 Å². The van der Waals surface area contributed by atoms with Crippen LogP contribution in [0.5, 0.6) is 0 Å². The first-order valence-corrected chi connectivity index (χ1v) is 20.0. The first kappa shape index (κ1) is 31.1. The van der Waals surface area contributed by atoms with Crippen LogP contribution < -0.4 is 4.90 Å². The lowest BCUT2D eigenvalue weighted by atomic mass is 9.69. The fourth-order valence-electron chi connectivity index (χ4n) is 10.9. The quantitative estimate of drug-likeness (QED) is 0.182. The molecule has 0 saturated heterocycles. The van der Waals surface area contributed by atoms with Crippen molar-refractivity contribution in [2.24, 2.45) is 4.99 Å². The molecule has 0 bridgehead atoms. The Morgan fingerprint density at radius 1 is 0.649 bits per heavy atom. The summed E-state index contributed by atoms with van der Waals surface area (Å²) in [5.74, 6) is 0. The van der Waals surface area contributed by atoms with Crippen molar-refractivity contribution in [3.05, 3.63) is 204 Å². The van der Waals surface area contributed by atoms with Gasteiger partial charge in [0, 0.05) is 58.1 Å². The minimum absolute atomic E-state index is 0.0682. The number of aliphatic imine (C=N–C) groups is 1. The van der Waals surface area contributed by atoms with E-state index >= 15 is 0 Å². The highest BCUT2D eigenvalue weighted by molar-refractivity contribution is 6.18. The van der Waals surface area contributed by atoms with E-state index in [0.29, 0.717) is 0 Å². The summed E-state index contributed by atoms with van der Waals surface area (Å²) in [6, 6.07) is 47.5. The fraction of sp³-hybridized carbons (Fsp3) is 0.0962. The Morgan fingerprint density at radius 3 is 2.33 bits per heavy atom. The maximum atomic E-state index is 5.21. The highest BCUT2D eigenvalue weighted by atomic mass is 15.2. The molecule has 0 fully saturated rings. The van der Waals surface area contributed by atoms with Crippen molar-refractivity contribution in [3.63, 3.8) is 0 Å².